The highest BCUT2D eigenvalue weighted by atomic mass is 32.2. The first kappa shape index (κ1) is 32.9. The molecule has 1 nitrogen and oxygen atoms in total. The van der Waals surface area contributed by atoms with Crippen LogP contribution in [0.3, 0.4) is 0 Å². The predicted molar refractivity (Wildman–Crippen MR) is 251 cm³/mol. The standard InChI is InChI=1S/C54H33NS3/c1-32-22-24-39-40-30-52-45(31-50(40)57-48(39)26-32)54(42-18-9-7-16-37(42)38-17-8-10-19-43(38)54)44-25-23-36(29-51(44)58-52)55(35-14-3-2-4-15-35)46-20-11-21-47-53(46)41-27-33-12-5-6-13-34(33)28-49(41)56-47/h2-31H,1H3. The Morgan fingerprint density at radius 3 is 1.90 bits per heavy atom. The molecular formula is C54H33NS3. The summed E-state index contributed by atoms with van der Waals surface area (Å²) in [6.07, 6.45) is 0. The van der Waals surface area contributed by atoms with Crippen LogP contribution < -0.4 is 4.90 Å². The molecule has 58 heavy (non-hydrogen) atoms. The van der Waals surface area contributed by atoms with E-state index in [4.69, 9.17) is 0 Å². The van der Waals surface area contributed by atoms with E-state index in [0.717, 1.165) is 11.4 Å². The Morgan fingerprint density at radius 1 is 0.414 bits per heavy atom. The van der Waals surface area contributed by atoms with Crippen LogP contribution in [0.2, 0.25) is 0 Å². The van der Waals surface area contributed by atoms with Crippen molar-refractivity contribution >= 4 is 103 Å². The first-order valence-electron chi connectivity index (χ1n) is 19.8. The summed E-state index contributed by atoms with van der Waals surface area (Å²) < 4.78 is 5.31. The molecule has 13 rings (SSSR count). The van der Waals surface area contributed by atoms with Gasteiger partial charge in [-0.15, -0.1) is 22.7 Å². The Kier molecular flexibility index (Phi) is 6.90. The number of anilines is 3. The van der Waals surface area contributed by atoms with Crippen LogP contribution in [0.1, 0.15) is 27.8 Å². The van der Waals surface area contributed by atoms with Gasteiger partial charge in [0, 0.05) is 61.5 Å². The van der Waals surface area contributed by atoms with E-state index < -0.39 is 5.41 Å². The molecule has 3 heterocycles. The fourth-order valence-corrected chi connectivity index (χ4v) is 13.7. The van der Waals surface area contributed by atoms with E-state index in [-0.39, 0.29) is 0 Å². The Bertz CT molecular complexity index is 3470. The number of hydrogen-bond donors (Lipinski definition) is 0. The second-order valence-electron chi connectivity index (χ2n) is 15.7. The van der Waals surface area contributed by atoms with Crippen molar-refractivity contribution in [1.29, 1.82) is 0 Å². The van der Waals surface area contributed by atoms with E-state index >= 15 is 0 Å². The summed E-state index contributed by atoms with van der Waals surface area (Å²) in [6.45, 7) is 2.20. The molecular weight excluding hydrogens is 759 g/mol. The molecule has 0 amide bonds. The number of nitrogens with zero attached hydrogens (tertiary/aromatic N) is 1. The average Bonchev–Trinajstić information content (AvgIpc) is 3.90. The van der Waals surface area contributed by atoms with Crippen molar-refractivity contribution in [2.45, 2.75) is 22.1 Å². The molecule has 0 N–H and O–H groups in total. The molecule has 1 aliphatic heterocycles. The summed E-state index contributed by atoms with van der Waals surface area (Å²) in [5.41, 5.74) is 12.5. The third kappa shape index (κ3) is 4.48. The van der Waals surface area contributed by atoms with Gasteiger partial charge in [0.15, 0.2) is 0 Å². The summed E-state index contributed by atoms with van der Waals surface area (Å²) >= 11 is 5.74. The number of rotatable bonds is 3. The summed E-state index contributed by atoms with van der Waals surface area (Å²) in [4.78, 5) is 5.11. The van der Waals surface area contributed by atoms with Gasteiger partial charge in [-0.1, -0.05) is 127 Å². The number of hydrogen-bond acceptors (Lipinski definition) is 4. The largest absolute Gasteiger partial charge is 0.310 e. The van der Waals surface area contributed by atoms with Gasteiger partial charge < -0.3 is 4.90 Å². The summed E-state index contributed by atoms with van der Waals surface area (Å²) in [5.74, 6) is 0. The van der Waals surface area contributed by atoms with Gasteiger partial charge in [-0.3, -0.25) is 0 Å². The summed E-state index contributed by atoms with van der Waals surface area (Å²) in [5, 5.41) is 7.83. The number of thiophene rings is 2. The Morgan fingerprint density at radius 2 is 1.09 bits per heavy atom. The van der Waals surface area contributed by atoms with Crippen LogP contribution in [0.5, 0.6) is 0 Å². The molecule has 1 aliphatic carbocycles. The lowest BCUT2D eigenvalue weighted by molar-refractivity contribution is 0.724. The van der Waals surface area contributed by atoms with Crippen molar-refractivity contribution in [3.05, 3.63) is 210 Å². The topological polar surface area (TPSA) is 3.24 Å². The van der Waals surface area contributed by atoms with Crippen molar-refractivity contribution < 1.29 is 0 Å². The van der Waals surface area contributed by atoms with Crippen molar-refractivity contribution in [3.63, 3.8) is 0 Å². The molecule has 4 heteroatoms. The minimum absolute atomic E-state index is 0.454. The average molecular weight is 792 g/mol. The van der Waals surface area contributed by atoms with Crippen molar-refractivity contribution in [1.82, 2.24) is 0 Å². The lowest BCUT2D eigenvalue weighted by atomic mass is 9.67. The Labute approximate surface area is 348 Å². The minimum Gasteiger partial charge on any atom is -0.310 e. The van der Waals surface area contributed by atoms with E-state index in [1.807, 2.05) is 34.4 Å². The fraction of sp³-hybridized carbons (Fsp3) is 0.0370. The third-order valence-corrected chi connectivity index (χ3v) is 15.9. The lowest BCUT2D eigenvalue weighted by Gasteiger charge is -2.40. The summed E-state index contributed by atoms with van der Waals surface area (Å²) in [6, 6.07) is 68.8. The van der Waals surface area contributed by atoms with Gasteiger partial charge in [-0.05, 0) is 123 Å². The van der Waals surface area contributed by atoms with Gasteiger partial charge in [0.2, 0.25) is 0 Å². The van der Waals surface area contributed by atoms with E-state index in [2.05, 4.69) is 194 Å². The third-order valence-electron chi connectivity index (χ3n) is 12.5. The van der Waals surface area contributed by atoms with Crippen LogP contribution >= 0.6 is 34.4 Å². The molecule has 2 aliphatic rings. The van der Waals surface area contributed by atoms with E-state index in [1.54, 1.807) is 0 Å². The highest BCUT2D eigenvalue weighted by Gasteiger charge is 2.50. The highest BCUT2D eigenvalue weighted by molar-refractivity contribution is 7.99. The normalized spacial score (nSPS) is 13.7. The molecule has 0 radical (unpaired) electrons. The number of aryl methyl sites for hydroxylation is 1. The van der Waals surface area contributed by atoms with Gasteiger partial charge in [0.25, 0.3) is 0 Å². The molecule has 0 fully saturated rings. The van der Waals surface area contributed by atoms with Crippen LogP contribution in [0.4, 0.5) is 17.1 Å². The van der Waals surface area contributed by atoms with Gasteiger partial charge in [-0.25, -0.2) is 0 Å². The Hall–Kier alpha value is -6.17. The lowest BCUT2D eigenvalue weighted by Crippen LogP contribution is -2.32. The maximum atomic E-state index is 2.54. The van der Waals surface area contributed by atoms with Crippen LogP contribution in [-0.4, -0.2) is 0 Å². The predicted octanol–water partition coefficient (Wildman–Crippen LogP) is 16.2. The first-order valence-corrected chi connectivity index (χ1v) is 22.3. The molecule has 0 atom stereocenters. The molecule has 0 saturated heterocycles. The number of para-hydroxylation sites is 1. The van der Waals surface area contributed by atoms with E-state index in [9.17, 15) is 0 Å². The molecule has 0 saturated carbocycles. The quantitative estimate of drug-likeness (QED) is 0.175. The molecule has 1 spiro atoms. The van der Waals surface area contributed by atoms with Crippen molar-refractivity contribution in [2.75, 3.05) is 4.90 Å². The summed E-state index contributed by atoms with van der Waals surface area (Å²) in [7, 11) is 0. The van der Waals surface area contributed by atoms with Crippen LogP contribution in [0.25, 0.3) is 62.2 Å². The zero-order valence-electron chi connectivity index (χ0n) is 31.5. The maximum absolute atomic E-state index is 2.54. The van der Waals surface area contributed by atoms with E-state index in [0.29, 0.717) is 0 Å². The second kappa shape index (κ2) is 12.2. The fourth-order valence-electron chi connectivity index (χ4n) is 10.1. The molecule has 0 bridgehead atoms. The maximum Gasteiger partial charge on any atom is 0.0735 e. The van der Waals surface area contributed by atoms with Gasteiger partial charge >= 0.3 is 0 Å². The highest BCUT2D eigenvalue weighted by Crippen LogP contribution is 2.63. The van der Waals surface area contributed by atoms with Crippen LogP contribution in [-0.2, 0) is 5.41 Å². The first-order chi connectivity index (χ1) is 28.6. The smallest absolute Gasteiger partial charge is 0.0735 e. The van der Waals surface area contributed by atoms with Gasteiger partial charge in [-0.2, -0.15) is 0 Å². The molecule has 2 aromatic heterocycles. The molecule has 11 aromatic rings. The zero-order chi connectivity index (χ0) is 38.1. The Balaban J connectivity index is 1.09. The zero-order valence-corrected chi connectivity index (χ0v) is 33.9. The molecule has 272 valence electrons. The molecule has 0 unspecified atom stereocenters. The SMILES string of the molecule is Cc1ccc2c(c1)sc1cc3c(cc12)Sc1cc(N(c2ccccc2)c2cccc4sc5cc6ccccc6cc5c24)ccc1C31c2ccccc2-c2ccccc21. The van der Waals surface area contributed by atoms with Gasteiger partial charge in [0.05, 0.1) is 11.1 Å². The van der Waals surface area contributed by atoms with E-state index in [1.165, 1.54) is 106 Å². The van der Waals surface area contributed by atoms with Crippen molar-refractivity contribution in [2.24, 2.45) is 0 Å². The number of fused-ring (bicyclic) bond motifs is 16. The second-order valence-corrected chi connectivity index (χ2v) is 18.9. The van der Waals surface area contributed by atoms with Crippen molar-refractivity contribution in [3.8, 4) is 11.1 Å². The van der Waals surface area contributed by atoms with Gasteiger partial charge in [0.1, 0.15) is 0 Å². The minimum atomic E-state index is -0.454. The number of benzene rings is 9. The van der Waals surface area contributed by atoms with Crippen LogP contribution in [0.15, 0.2) is 192 Å². The molecule has 9 aromatic carbocycles. The van der Waals surface area contributed by atoms with Crippen LogP contribution in [0, 0.1) is 6.92 Å². The monoisotopic (exact) mass is 791 g/mol.